The fourth-order valence-electron chi connectivity index (χ4n) is 3.55. The number of nitrogens with one attached hydrogen (secondary N) is 1. The van der Waals surface area contributed by atoms with Gasteiger partial charge in [-0.3, -0.25) is 4.79 Å². The molecule has 10 heteroatoms. The lowest BCUT2D eigenvalue weighted by Crippen LogP contribution is -2.46. The fraction of sp³-hybridized carbons (Fsp3) is 0.500. The topological polar surface area (TPSA) is 85.8 Å². The minimum absolute atomic E-state index is 0. The van der Waals surface area contributed by atoms with Gasteiger partial charge >= 0.3 is 6.18 Å². The summed E-state index contributed by atoms with van der Waals surface area (Å²) in [7, 11) is 0. The van der Waals surface area contributed by atoms with Gasteiger partial charge in [0, 0.05) is 12.6 Å². The van der Waals surface area contributed by atoms with Gasteiger partial charge in [-0.25, -0.2) is 4.68 Å². The van der Waals surface area contributed by atoms with E-state index in [0.29, 0.717) is 12.5 Å². The molecule has 0 spiro atoms. The van der Waals surface area contributed by atoms with Crippen LogP contribution >= 0.6 is 12.4 Å². The molecule has 0 bridgehead atoms. The van der Waals surface area contributed by atoms with Crippen molar-refractivity contribution in [3.05, 3.63) is 41.7 Å². The summed E-state index contributed by atoms with van der Waals surface area (Å²) in [6, 6.07) is 4.84. The first kappa shape index (κ1) is 22.2. The highest BCUT2D eigenvalue weighted by Crippen LogP contribution is 2.33. The number of nitrogens with zero attached hydrogens (tertiary/aromatic N) is 3. The molecule has 1 heterocycles. The van der Waals surface area contributed by atoms with Crippen LogP contribution in [0.5, 0.6) is 0 Å². The Morgan fingerprint density at radius 1 is 1.25 bits per heavy atom. The molecule has 1 aromatic carbocycles. The molecular weight excluding hydrogens is 395 g/mol. The zero-order valence-electron chi connectivity index (χ0n) is 15.2. The number of hydrogen-bond donors (Lipinski definition) is 2. The van der Waals surface area contributed by atoms with E-state index in [9.17, 15) is 18.0 Å². The van der Waals surface area contributed by atoms with E-state index in [1.54, 1.807) is 0 Å². The predicted molar refractivity (Wildman–Crippen MR) is 100 cm³/mol. The molecule has 0 aliphatic heterocycles. The largest absolute Gasteiger partial charge is 0.418 e. The van der Waals surface area contributed by atoms with Crippen molar-refractivity contribution in [3.8, 4) is 5.69 Å². The second-order valence-corrected chi connectivity index (χ2v) is 6.78. The SMILES string of the molecule is Cl.NCC(NC(=O)c1cn(-c2ccccc2C(F)(F)F)nn1)C1CCCCC1. The summed E-state index contributed by atoms with van der Waals surface area (Å²) in [6.07, 6.45) is 2.10. The molecule has 1 aromatic heterocycles. The van der Waals surface area contributed by atoms with Crippen LogP contribution in [0.1, 0.15) is 48.2 Å². The van der Waals surface area contributed by atoms with Gasteiger partial charge in [-0.05, 0) is 30.9 Å². The van der Waals surface area contributed by atoms with E-state index in [1.807, 2.05) is 0 Å². The zero-order chi connectivity index (χ0) is 19.4. The first-order valence-corrected chi connectivity index (χ1v) is 9.00. The Balaban J connectivity index is 0.00000280. The standard InChI is InChI=1S/C18H22F3N5O.ClH/c19-18(20,21)13-8-4-5-9-16(13)26-11-15(24-25-26)17(27)23-14(10-22)12-6-2-1-3-7-12;/h4-5,8-9,11-12,14H,1-3,6-7,10,22H2,(H,23,27);1H. The molecule has 1 aliphatic carbocycles. The van der Waals surface area contributed by atoms with E-state index in [1.165, 1.54) is 30.8 Å². The molecule has 3 rings (SSSR count). The van der Waals surface area contributed by atoms with Crippen molar-refractivity contribution in [2.75, 3.05) is 6.54 Å². The van der Waals surface area contributed by atoms with Crippen molar-refractivity contribution in [1.29, 1.82) is 0 Å². The Morgan fingerprint density at radius 2 is 1.93 bits per heavy atom. The summed E-state index contributed by atoms with van der Waals surface area (Å²) >= 11 is 0. The first-order valence-electron chi connectivity index (χ1n) is 9.00. The van der Waals surface area contributed by atoms with E-state index in [4.69, 9.17) is 5.73 Å². The van der Waals surface area contributed by atoms with Gasteiger partial charge in [-0.1, -0.05) is 36.6 Å². The molecule has 1 aliphatic rings. The van der Waals surface area contributed by atoms with Gasteiger partial charge < -0.3 is 11.1 Å². The maximum atomic E-state index is 13.2. The number of halogens is 4. The van der Waals surface area contributed by atoms with Crippen LogP contribution in [-0.4, -0.2) is 33.5 Å². The second kappa shape index (κ2) is 9.38. The third-order valence-corrected chi connectivity index (χ3v) is 4.97. The Hall–Kier alpha value is -2.13. The van der Waals surface area contributed by atoms with Crippen molar-refractivity contribution in [1.82, 2.24) is 20.3 Å². The lowest BCUT2D eigenvalue weighted by atomic mass is 9.84. The zero-order valence-corrected chi connectivity index (χ0v) is 16.0. The van der Waals surface area contributed by atoms with Crippen LogP contribution in [0.15, 0.2) is 30.5 Å². The average molecular weight is 418 g/mol. The van der Waals surface area contributed by atoms with E-state index in [-0.39, 0.29) is 29.8 Å². The minimum atomic E-state index is -4.53. The van der Waals surface area contributed by atoms with Crippen LogP contribution in [0.2, 0.25) is 0 Å². The molecule has 1 saturated carbocycles. The molecule has 154 valence electrons. The van der Waals surface area contributed by atoms with Gasteiger partial charge in [0.2, 0.25) is 0 Å². The Kier molecular flexibility index (Phi) is 7.42. The van der Waals surface area contributed by atoms with Gasteiger partial charge in [0.1, 0.15) is 0 Å². The lowest BCUT2D eigenvalue weighted by molar-refractivity contribution is -0.137. The summed E-state index contributed by atoms with van der Waals surface area (Å²) < 4.78 is 40.5. The van der Waals surface area contributed by atoms with Crippen LogP contribution in [0.3, 0.4) is 0 Å². The highest BCUT2D eigenvalue weighted by atomic mass is 35.5. The monoisotopic (exact) mass is 417 g/mol. The molecule has 3 N–H and O–H groups in total. The molecule has 6 nitrogen and oxygen atoms in total. The van der Waals surface area contributed by atoms with E-state index < -0.39 is 17.6 Å². The smallest absolute Gasteiger partial charge is 0.346 e. The number of alkyl halides is 3. The summed E-state index contributed by atoms with van der Waals surface area (Å²) in [5, 5.41) is 10.3. The molecule has 1 atom stereocenters. The first-order chi connectivity index (χ1) is 12.9. The molecule has 1 unspecified atom stereocenters. The Labute approximate surface area is 167 Å². The summed E-state index contributed by atoms with van der Waals surface area (Å²) in [5.41, 5.74) is 4.75. The fourth-order valence-corrected chi connectivity index (χ4v) is 3.55. The van der Waals surface area contributed by atoms with Crippen molar-refractivity contribution in [3.63, 3.8) is 0 Å². The number of rotatable bonds is 5. The van der Waals surface area contributed by atoms with Gasteiger partial charge in [0.15, 0.2) is 5.69 Å². The van der Waals surface area contributed by atoms with Crippen molar-refractivity contribution >= 4 is 18.3 Å². The van der Waals surface area contributed by atoms with Gasteiger partial charge in [-0.2, -0.15) is 13.2 Å². The minimum Gasteiger partial charge on any atom is -0.346 e. The van der Waals surface area contributed by atoms with Gasteiger partial charge in [-0.15, -0.1) is 17.5 Å². The predicted octanol–water partition coefficient (Wildman–Crippen LogP) is 3.35. The summed E-state index contributed by atoms with van der Waals surface area (Å²) in [4.78, 5) is 12.5. The maximum absolute atomic E-state index is 13.2. The average Bonchev–Trinajstić information content (AvgIpc) is 3.16. The van der Waals surface area contributed by atoms with E-state index in [0.717, 1.165) is 36.4 Å². The third-order valence-electron chi connectivity index (χ3n) is 4.97. The van der Waals surface area contributed by atoms with E-state index in [2.05, 4.69) is 15.6 Å². The highest BCUT2D eigenvalue weighted by Gasteiger charge is 2.34. The van der Waals surface area contributed by atoms with Gasteiger partial charge in [0.25, 0.3) is 5.91 Å². The molecule has 28 heavy (non-hydrogen) atoms. The molecule has 0 radical (unpaired) electrons. The van der Waals surface area contributed by atoms with Gasteiger partial charge in [0.05, 0.1) is 17.4 Å². The molecular formula is C18H23ClF3N5O. The van der Waals surface area contributed by atoms with Crippen molar-refractivity contribution < 1.29 is 18.0 Å². The third kappa shape index (κ3) is 5.02. The van der Waals surface area contributed by atoms with Crippen molar-refractivity contribution in [2.24, 2.45) is 11.7 Å². The van der Waals surface area contributed by atoms with Crippen LogP contribution in [0, 0.1) is 5.92 Å². The summed E-state index contributed by atoms with van der Waals surface area (Å²) in [6.45, 7) is 0.307. The lowest BCUT2D eigenvalue weighted by Gasteiger charge is -2.29. The number of para-hydroxylation sites is 1. The number of carbonyl (C=O) groups excluding carboxylic acids is 1. The molecule has 1 amide bonds. The Morgan fingerprint density at radius 3 is 2.57 bits per heavy atom. The van der Waals surface area contributed by atoms with Crippen LogP contribution in [0.25, 0.3) is 5.69 Å². The van der Waals surface area contributed by atoms with Crippen molar-refractivity contribution in [2.45, 2.75) is 44.3 Å². The number of benzene rings is 1. The second-order valence-electron chi connectivity index (χ2n) is 6.78. The number of hydrogen-bond acceptors (Lipinski definition) is 4. The quantitative estimate of drug-likeness (QED) is 0.781. The maximum Gasteiger partial charge on any atom is 0.418 e. The number of nitrogens with two attached hydrogens (primary N) is 1. The molecule has 0 saturated heterocycles. The Bertz CT molecular complexity index is 790. The van der Waals surface area contributed by atoms with Crippen LogP contribution in [-0.2, 0) is 6.18 Å². The van der Waals surface area contributed by atoms with Crippen LogP contribution < -0.4 is 11.1 Å². The van der Waals surface area contributed by atoms with Crippen LogP contribution in [0.4, 0.5) is 13.2 Å². The van der Waals surface area contributed by atoms with E-state index >= 15 is 0 Å². The molecule has 2 aromatic rings. The normalized spacial score (nSPS) is 16.3. The summed E-state index contributed by atoms with van der Waals surface area (Å²) in [5.74, 6) is -0.166. The molecule has 1 fully saturated rings. The number of aromatic nitrogens is 3. The highest BCUT2D eigenvalue weighted by molar-refractivity contribution is 5.92. The number of carbonyl (C=O) groups is 1. The number of amides is 1.